The van der Waals surface area contributed by atoms with Crippen LogP contribution in [0.3, 0.4) is 0 Å². The molecule has 1 aliphatic heterocycles. The lowest BCUT2D eigenvalue weighted by atomic mass is 9.96. The van der Waals surface area contributed by atoms with Gasteiger partial charge in [0.15, 0.2) is 0 Å². The molecule has 1 aromatic heterocycles. The molecule has 0 N–H and O–H groups in total. The maximum absolute atomic E-state index is 15.1. The number of imide groups is 1. The van der Waals surface area contributed by atoms with Crippen molar-refractivity contribution >= 4 is 39.3 Å². The Labute approximate surface area is 363 Å². The molecule has 0 unspecified atom stereocenters. The Kier molecular flexibility index (Phi) is 9.44. The summed E-state index contributed by atoms with van der Waals surface area (Å²) in [6, 6.07) is 47.8. The van der Waals surface area contributed by atoms with Crippen molar-refractivity contribution in [2.45, 2.75) is 26.2 Å². The van der Waals surface area contributed by atoms with Crippen LogP contribution in [-0.2, 0) is 12.4 Å². The number of hydrogen-bond acceptors (Lipinski definition) is 2. The predicted molar refractivity (Wildman–Crippen MR) is 240 cm³/mol. The maximum Gasteiger partial charge on any atom is 0.417 e. The van der Waals surface area contributed by atoms with Crippen molar-refractivity contribution in [1.29, 1.82) is 0 Å². The summed E-state index contributed by atoms with van der Waals surface area (Å²) in [6.07, 6.45) is -9.20. The van der Waals surface area contributed by atoms with Crippen molar-refractivity contribution in [3.63, 3.8) is 0 Å². The minimum atomic E-state index is -4.66. The third kappa shape index (κ3) is 6.82. The molecular formula is C54H34F6N2O2. The molecule has 0 spiro atoms. The summed E-state index contributed by atoms with van der Waals surface area (Å²) in [5, 5.41) is 1.31. The number of hydrogen-bond donors (Lipinski definition) is 0. The van der Waals surface area contributed by atoms with Crippen LogP contribution in [0, 0.1) is 13.8 Å². The van der Waals surface area contributed by atoms with Gasteiger partial charge in [0.05, 0.1) is 44.7 Å². The third-order valence-electron chi connectivity index (χ3n) is 11.9. The molecule has 2 heterocycles. The number of aryl methyl sites for hydroxylation is 2. The number of halogens is 6. The van der Waals surface area contributed by atoms with E-state index in [-0.39, 0.29) is 22.3 Å². The van der Waals surface area contributed by atoms with Gasteiger partial charge in [-0.3, -0.25) is 9.59 Å². The Bertz CT molecular complexity index is 3310. The maximum atomic E-state index is 15.1. The van der Waals surface area contributed by atoms with Gasteiger partial charge >= 0.3 is 12.4 Å². The summed E-state index contributed by atoms with van der Waals surface area (Å²) in [6.45, 7) is 3.18. The highest BCUT2D eigenvalue weighted by molar-refractivity contribution is 6.36. The fourth-order valence-electron chi connectivity index (χ4n) is 8.94. The summed E-state index contributed by atoms with van der Waals surface area (Å²) < 4.78 is 86.6. The molecule has 2 amide bonds. The fraction of sp³-hybridized carbons (Fsp3) is 0.0741. The van der Waals surface area contributed by atoms with E-state index < -0.39 is 35.3 Å². The van der Waals surface area contributed by atoms with Gasteiger partial charge in [-0.15, -0.1) is 0 Å². The zero-order valence-corrected chi connectivity index (χ0v) is 34.1. The van der Waals surface area contributed by atoms with Gasteiger partial charge in [-0.25, -0.2) is 4.90 Å². The van der Waals surface area contributed by atoms with Crippen LogP contribution in [-0.4, -0.2) is 16.4 Å². The number of fused-ring (bicyclic) bond motifs is 4. The van der Waals surface area contributed by atoms with E-state index in [2.05, 4.69) is 0 Å². The predicted octanol–water partition coefficient (Wildman–Crippen LogP) is 14.9. The largest absolute Gasteiger partial charge is 0.417 e. The minimum Gasteiger partial charge on any atom is -0.308 e. The summed E-state index contributed by atoms with van der Waals surface area (Å²) in [7, 11) is 0. The van der Waals surface area contributed by atoms with Crippen molar-refractivity contribution in [3.8, 4) is 50.2 Å². The van der Waals surface area contributed by atoms with E-state index in [0.29, 0.717) is 55.4 Å². The highest BCUT2D eigenvalue weighted by atomic mass is 19.4. The van der Waals surface area contributed by atoms with Crippen molar-refractivity contribution in [2.24, 2.45) is 0 Å². The summed E-state index contributed by atoms with van der Waals surface area (Å²) in [5.41, 5.74) is 5.72. The zero-order chi connectivity index (χ0) is 44.7. The monoisotopic (exact) mass is 856 g/mol. The molecule has 0 fully saturated rings. The number of rotatable bonds is 6. The van der Waals surface area contributed by atoms with Crippen LogP contribution in [0.2, 0.25) is 0 Å². The van der Waals surface area contributed by atoms with Gasteiger partial charge in [0.25, 0.3) is 11.8 Å². The first kappa shape index (κ1) is 40.4. The van der Waals surface area contributed by atoms with Crippen molar-refractivity contribution in [2.75, 3.05) is 4.90 Å². The van der Waals surface area contributed by atoms with Crippen molar-refractivity contribution in [1.82, 2.24) is 4.57 Å². The summed E-state index contributed by atoms with van der Waals surface area (Å²) >= 11 is 0. The Morgan fingerprint density at radius 2 is 1.02 bits per heavy atom. The number of alkyl halides is 6. The van der Waals surface area contributed by atoms with E-state index in [4.69, 9.17) is 0 Å². The second-order valence-corrected chi connectivity index (χ2v) is 16.0. The number of aromatic nitrogens is 1. The average Bonchev–Trinajstić information content (AvgIpc) is 3.75. The topological polar surface area (TPSA) is 42.3 Å². The number of carbonyl (C=O) groups is 2. The van der Waals surface area contributed by atoms with E-state index in [9.17, 15) is 31.1 Å². The van der Waals surface area contributed by atoms with Gasteiger partial charge in [-0.2, -0.15) is 26.3 Å². The van der Waals surface area contributed by atoms with Gasteiger partial charge in [0, 0.05) is 10.8 Å². The van der Waals surface area contributed by atoms with Gasteiger partial charge in [-0.1, -0.05) is 115 Å². The Morgan fingerprint density at radius 3 is 1.58 bits per heavy atom. The molecule has 9 aromatic rings. The molecule has 10 rings (SSSR count). The second-order valence-electron chi connectivity index (χ2n) is 16.0. The summed E-state index contributed by atoms with van der Waals surface area (Å²) in [5.74, 6) is -1.15. The lowest BCUT2D eigenvalue weighted by Crippen LogP contribution is -2.29. The highest BCUT2D eigenvalue weighted by Crippen LogP contribution is 2.44. The van der Waals surface area contributed by atoms with Crippen LogP contribution < -0.4 is 4.90 Å². The minimum absolute atomic E-state index is 0.0406. The number of nitrogens with zero attached hydrogens (tertiary/aromatic N) is 2. The Morgan fingerprint density at radius 1 is 0.438 bits per heavy atom. The standard InChI is InChI=1S/C54H34F6N2O2/c1-31-16-20-42(46(24-31)54(58,59)60)36-18-22-44-43-21-17-35(41-23-19-39(25-32(41)2)53(55,56)57)29-48(43)62(49(44)30-36)47-15-9-14-45-50(47)52(64)61(51(45)63)40-27-37(33-10-5-3-6-11-33)26-38(28-40)34-12-7-4-8-13-34/h3-30H,1-2H3. The van der Waals surface area contributed by atoms with Crippen LogP contribution >= 0.6 is 0 Å². The van der Waals surface area contributed by atoms with E-state index in [1.54, 1.807) is 85.1 Å². The van der Waals surface area contributed by atoms with Crippen LogP contribution in [0.5, 0.6) is 0 Å². The number of anilines is 1. The fourth-order valence-corrected chi connectivity index (χ4v) is 8.94. The second kappa shape index (κ2) is 15.0. The first-order valence-corrected chi connectivity index (χ1v) is 20.4. The van der Waals surface area contributed by atoms with Gasteiger partial charge in [0.2, 0.25) is 0 Å². The molecular weight excluding hydrogens is 823 g/mol. The lowest BCUT2D eigenvalue weighted by molar-refractivity contribution is -0.138. The zero-order valence-electron chi connectivity index (χ0n) is 34.1. The van der Waals surface area contributed by atoms with Crippen LogP contribution in [0.4, 0.5) is 32.0 Å². The number of amides is 2. The van der Waals surface area contributed by atoms with E-state index in [0.717, 1.165) is 45.4 Å². The third-order valence-corrected chi connectivity index (χ3v) is 11.9. The summed E-state index contributed by atoms with van der Waals surface area (Å²) in [4.78, 5) is 30.9. The number of carbonyl (C=O) groups excluding carboxylic acids is 2. The van der Waals surface area contributed by atoms with Crippen LogP contribution in [0.25, 0.3) is 72.0 Å². The highest BCUT2D eigenvalue weighted by Gasteiger charge is 2.40. The SMILES string of the molecule is Cc1ccc(-c2ccc3c4ccc(-c5ccc(C(F)(F)F)cc5C)cc4n(-c4cccc5c4C(=O)N(c4cc(-c6ccccc6)cc(-c6ccccc6)c4)C5=O)c3c2)c(C(F)(F)F)c1. The Hall–Kier alpha value is -7.72. The molecule has 0 aliphatic carbocycles. The average molecular weight is 857 g/mol. The molecule has 1 aliphatic rings. The molecule has 10 heteroatoms. The van der Waals surface area contributed by atoms with E-state index in [1.165, 1.54) is 12.1 Å². The molecule has 64 heavy (non-hydrogen) atoms. The molecule has 0 saturated heterocycles. The van der Waals surface area contributed by atoms with Gasteiger partial charge in [-0.05, 0) is 125 Å². The molecule has 314 valence electrons. The smallest absolute Gasteiger partial charge is 0.308 e. The van der Waals surface area contributed by atoms with E-state index >= 15 is 4.79 Å². The van der Waals surface area contributed by atoms with Crippen molar-refractivity contribution < 1.29 is 35.9 Å². The van der Waals surface area contributed by atoms with Crippen molar-refractivity contribution in [3.05, 3.63) is 203 Å². The van der Waals surface area contributed by atoms with Gasteiger partial charge < -0.3 is 4.57 Å². The molecule has 0 atom stereocenters. The van der Waals surface area contributed by atoms with Crippen LogP contribution in [0.1, 0.15) is 43.0 Å². The van der Waals surface area contributed by atoms with E-state index in [1.807, 2.05) is 72.8 Å². The first-order valence-electron chi connectivity index (χ1n) is 20.4. The normalized spacial score (nSPS) is 13.0. The quantitative estimate of drug-likeness (QED) is 0.123. The van der Waals surface area contributed by atoms with Crippen LogP contribution in [0.15, 0.2) is 170 Å². The Balaban J connectivity index is 1.20. The lowest BCUT2D eigenvalue weighted by Gasteiger charge is -2.18. The molecule has 4 nitrogen and oxygen atoms in total. The molecule has 0 saturated carbocycles. The molecule has 0 bridgehead atoms. The first-order chi connectivity index (χ1) is 30.7. The van der Waals surface area contributed by atoms with Gasteiger partial charge in [0.1, 0.15) is 0 Å². The molecule has 0 radical (unpaired) electrons. The number of benzene rings is 8. The molecule has 8 aromatic carbocycles.